The SMILES string of the molecule is C[C@H]1C=C[C@@H](CF)N2CN1n1cc(C(=O)NCc3ccc(F)cc3F)c(=O)c(OCc3ccccc3)c1C2=O. The van der Waals surface area contributed by atoms with E-state index in [0.29, 0.717) is 6.07 Å². The van der Waals surface area contributed by atoms with Crippen molar-refractivity contribution in [1.82, 2.24) is 14.9 Å². The number of amides is 2. The van der Waals surface area contributed by atoms with Crippen molar-refractivity contribution in [2.24, 2.45) is 0 Å². The topological polar surface area (TPSA) is 83.9 Å². The van der Waals surface area contributed by atoms with Gasteiger partial charge in [0.1, 0.15) is 37.1 Å². The number of halogens is 3. The minimum absolute atomic E-state index is 0.0113. The number of ether oxygens (including phenoxy) is 1. The second-order valence-electron chi connectivity index (χ2n) is 9.29. The van der Waals surface area contributed by atoms with Gasteiger partial charge in [-0.3, -0.25) is 24.1 Å². The molecule has 0 radical (unpaired) electrons. The Morgan fingerprint density at radius 2 is 1.87 bits per heavy atom. The molecule has 5 rings (SSSR count). The molecule has 0 unspecified atom stereocenters. The third kappa shape index (κ3) is 4.99. The zero-order valence-electron chi connectivity index (χ0n) is 20.9. The van der Waals surface area contributed by atoms with Gasteiger partial charge < -0.3 is 15.0 Å². The molecule has 202 valence electrons. The number of pyridine rings is 1. The van der Waals surface area contributed by atoms with Crippen molar-refractivity contribution in [3.05, 3.63) is 111 Å². The third-order valence-corrected chi connectivity index (χ3v) is 6.75. The van der Waals surface area contributed by atoms with Crippen LogP contribution in [-0.2, 0) is 13.2 Å². The summed E-state index contributed by atoms with van der Waals surface area (Å²) in [5, 5.41) is 4.19. The Morgan fingerprint density at radius 3 is 2.59 bits per heavy atom. The largest absolute Gasteiger partial charge is 0.482 e. The maximum absolute atomic E-state index is 14.1. The minimum Gasteiger partial charge on any atom is -0.482 e. The van der Waals surface area contributed by atoms with Crippen LogP contribution in [0, 0.1) is 11.6 Å². The molecule has 2 amide bonds. The van der Waals surface area contributed by atoms with E-state index in [0.717, 1.165) is 11.6 Å². The molecule has 1 N–H and O–H groups in total. The monoisotopic (exact) mass is 538 g/mol. The Balaban J connectivity index is 1.57. The number of fused-ring (bicyclic) bond motifs is 4. The van der Waals surface area contributed by atoms with E-state index >= 15 is 0 Å². The Bertz CT molecular complexity index is 1510. The summed E-state index contributed by atoms with van der Waals surface area (Å²) in [6.45, 7) is 0.655. The Kier molecular flexibility index (Phi) is 7.14. The van der Waals surface area contributed by atoms with Crippen LogP contribution in [0.3, 0.4) is 0 Å². The first kappa shape index (κ1) is 26.1. The lowest BCUT2D eigenvalue weighted by Gasteiger charge is -2.42. The summed E-state index contributed by atoms with van der Waals surface area (Å²) in [7, 11) is 0. The molecule has 0 fully saturated rings. The Labute approximate surface area is 221 Å². The number of nitrogens with one attached hydrogen (secondary N) is 1. The Hall–Kier alpha value is -4.54. The molecule has 2 aliphatic rings. The van der Waals surface area contributed by atoms with Gasteiger partial charge in [-0.1, -0.05) is 48.6 Å². The maximum atomic E-state index is 14.1. The molecule has 2 bridgehead atoms. The van der Waals surface area contributed by atoms with E-state index < -0.39 is 41.6 Å². The van der Waals surface area contributed by atoms with E-state index in [1.54, 1.807) is 41.4 Å². The zero-order valence-corrected chi connectivity index (χ0v) is 20.9. The molecule has 2 aromatic carbocycles. The van der Waals surface area contributed by atoms with Gasteiger partial charge in [0.25, 0.3) is 11.8 Å². The molecule has 0 saturated heterocycles. The standard InChI is InChI=1S/C28H25F3N4O4/c1-17-7-10-21(12-29)33-16-35(17)34-14-22(27(37)32-13-19-8-9-20(30)11-23(19)31)25(36)26(24(34)28(33)38)39-15-18-5-3-2-4-6-18/h2-11,14,17,21H,12-13,15-16H2,1H3,(H,32,37)/t17-,21-/m0/s1. The van der Waals surface area contributed by atoms with Crippen molar-refractivity contribution >= 4 is 11.8 Å². The van der Waals surface area contributed by atoms with E-state index in [1.807, 2.05) is 13.0 Å². The molecular weight excluding hydrogens is 513 g/mol. The van der Waals surface area contributed by atoms with E-state index in [-0.39, 0.29) is 48.4 Å². The van der Waals surface area contributed by atoms with Gasteiger partial charge in [-0.05, 0) is 18.6 Å². The highest BCUT2D eigenvalue weighted by Gasteiger charge is 2.40. The fraction of sp³-hybridized carbons (Fsp3) is 0.250. The molecule has 3 heterocycles. The first-order valence-corrected chi connectivity index (χ1v) is 12.3. The molecule has 2 atom stereocenters. The average molecular weight is 539 g/mol. The van der Waals surface area contributed by atoms with Crippen molar-refractivity contribution < 1.29 is 27.5 Å². The fourth-order valence-corrected chi connectivity index (χ4v) is 4.57. The molecule has 1 aromatic heterocycles. The van der Waals surface area contributed by atoms with Crippen LogP contribution in [0.25, 0.3) is 0 Å². The van der Waals surface area contributed by atoms with Crippen LogP contribution in [0.15, 0.2) is 71.7 Å². The molecule has 39 heavy (non-hydrogen) atoms. The number of rotatable bonds is 7. The van der Waals surface area contributed by atoms with Gasteiger partial charge in [0.15, 0.2) is 11.4 Å². The summed E-state index contributed by atoms with van der Waals surface area (Å²) in [6, 6.07) is 10.7. The first-order chi connectivity index (χ1) is 18.8. The summed E-state index contributed by atoms with van der Waals surface area (Å²) in [5.41, 5.74) is -0.570. The number of benzene rings is 2. The summed E-state index contributed by atoms with van der Waals surface area (Å²) in [6.07, 6.45) is 4.58. The van der Waals surface area contributed by atoms with Crippen LogP contribution < -0.4 is 20.5 Å². The van der Waals surface area contributed by atoms with E-state index in [4.69, 9.17) is 4.74 Å². The molecule has 3 aromatic rings. The molecule has 0 aliphatic carbocycles. The van der Waals surface area contributed by atoms with Gasteiger partial charge in [0.2, 0.25) is 5.43 Å². The van der Waals surface area contributed by atoms with Crippen molar-refractivity contribution in [1.29, 1.82) is 0 Å². The summed E-state index contributed by atoms with van der Waals surface area (Å²) < 4.78 is 48.5. The number of alkyl halides is 1. The molecular formula is C28H25F3N4O4. The minimum atomic E-state index is -0.846. The molecule has 0 spiro atoms. The molecule has 8 nitrogen and oxygen atoms in total. The highest BCUT2D eigenvalue weighted by atomic mass is 19.1. The lowest BCUT2D eigenvalue weighted by Crippen LogP contribution is -2.58. The van der Waals surface area contributed by atoms with Crippen LogP contribution in [0.1, 0.15) is 38.9 Å². The van der Waals surface area contributed by atoms with Crippen molar-refractivity contribution in [2.75, 3.05) is 18.4 Å². The number of carbonyl (C=O) groups is 2. The molecule has 2 aliphatic heterocycles. The van der Waals surface area contributed by atoms with E-state index in [1.165, 1.54) is 21.8 Å². The lowest BCUT2D eigenvalue weighted by atomic mass is 10.1. The number of hydrogen-bond acceptors (Lipinski definition) is 5. The number of hydrogen-bond donors (Lipinski definition) is 1. The second-order valence-corrected chi connectivity index (χ2v) is 9.29. The van der Waals surface area contributed by atoms with Crippen LogP contribution in [0.4, 0.5) is 13.2 Å². The lowest BCUT2D eigenvalue weighted by molar-refractivity contribution is 0.0614. The highest BCUT2D eigenvalue weighted by molar-refractivity contribution is 5.99. The molecule has 0 saturated carbocycles. The van der Waals surface area contributed by atoms with Crippen LogP contribution in [0.2, 0.25) is 0 Å². The predicted molar refractivity (Wildman–Crippen MR) is 137 cm³/mol. The van der Waals surface area contributed by atoms with Gasteiger partial charge in [-0.15, -0.1) is 0 Å². The summed E-state index contributed by atoms with van der Waals surface area (Å²) in [5.74, 6) is -3.41. The van der Waals surface area contributed by atoms with E-state index in [2.05, 4.69) is 5.32 Å². The van der Waals surface area contributed by atoms with Gasteiger partial charge in [-0.2, -0.15) is 0 Å². The molecule has 11 heteroatoms. The third-order valence-electron chi connectivity index (χ3n) is 6.75. The maximum Gasteiger partial charge on any atom is 0.278 e. The van der Waals surface area contributed by atoms with Crippen LogP contribution in [-0.4, -0.2) is 46.8 Å². The van der Waals surface area contributed by atoms with Crippen LogP contribution >= 0.6 is 0 Å². The van der Waals surface area contributed by atoms with Crippen molar-refractivity contribution in [2.45, 2.75) is 32.2 Å². The quantitative estimate of drug-likeness (QED) is 0.467. The first-order valence-electron chi connectivity index (χ1n) is 12.3. The second kappa shape index (κ2) is 10.7. The zero-order chi connectivity index (χ0) is 27.7. The fourth-order valence-electron chi connectivity index (χ4n) is 4.57. The predicted octanol–water partition coefficient (Wildman–Crippen LogP) is 3.28. The van der Waals surface area contributed by atoms with Gasteiger partial charge >= 0.3 is 0 Å². The van der Waals surface area contributed by atoms with Crippen molar-refractivity contribution in [3.63, 3.8) is 0 Å². The van der Waals surface area contributed by atoms with Gasteiger partial charge in [0, 0.05) is 24.4 Å². The normalized spacial score (nSPS) is 18.0. The number of carbonyl (C=O) groups excluding carboxylic acids is 2. The smallest absolute Gasteiger partial charge is 0.278 e. The summed E-state index contributed by atoms with van der Waals surface area (Å²) in [4.78, 5) is 41.7. The summed E-state index contributed by atoms with van der Waals surface area (Å²) >= 11 is 0. The van der Waals surface area contributed by atoms with Crippen molar-refractivity contribution in [3.8, 4) is 5.75 Å². The highest BCUT2D eigenvalue weighted by Crippen LogP contribution is 2.28. The van der Waals surface area contributed by atoms with Gasteiger partial charge in [0.05, 0.1) is 12.1 Å². The average Bonchev–Trinajstić information content (AvgIpc) is 3.08. The number of nitrogens with zero attached hydrogens (tertiary/aromatic N) is 3. The van der Waals surface area contributed by atoms with Crippen LogP contribution in [0.5, 0.6) is 5.75 Å². The Morgan fingerprint density at radius 1 is 1.10 bits per heavy atom. The number of aromatic nitrogens is 1. The van der Waals surface area contributed by atoms with E-state index in [9.17, 15) is 27.6 Å². The van der Waals surface area contributed by atoms with Gasteiger partial charge in [-0.25, -0.2) is 13.2 Å².